The van der Waals surface area contributed by atoms with Crippen molar-refractivity contribution < 1.29 is 22.7 Å². The SMILES string of the molecule is CCOc1ccc(N(CC(=O)N(Cc2ccc(Cl)c(Cl)c2)C(C)C(=O)NCC(C)C)S(=O)(=O)c2ccc(Br)cc2)cc1. The first-order chi connectivity index (χ1) is 19.8. The van der Waals surface area contributed by atoms with Crippen molar-refractivity contribution in [2.24, 2.45) is 5.92 Å². The number of rotatable bonds is 13. The molecule has 0 radical (unpaired) electrons. The molecule has 0 aliphatic heterocycles. The molecule has 3 aromatic rings. The predicted octanol–water partition coefficient (Wildman–Crippen LogP) is 6.54. The normalized spacial score (nSPS) is 12.1. The van der Waals surface area contributed by atoms with Gasteiger partial charge in [0.15, 0.2) is 0 Å². The maximum absolute atomic E-state index is 14.0. The van der Waals surface area contributed by atoms with Crippen molar-refractivity contribution >= 4 is 66.7 Å². The first-order valence-corrected chi connectivity index (χ1v) is 16.3. The average Bonchev–Trinajstić information content (AvgIpc) is 2.95. The molecule has 12 heteroatoms. The fourth-order valence-corrected chi connectivity index (χ4v) is 6.01. The largest absolute Gasteiger partial charge is 0.494 e. The fraction of sp³-hybridized carbons (Fsp3) is 0.333. The van der Waals surface area contributed by atoms with E-state index in [0.717, 1.165) is 4.31 Å². The molecule has 226 valence electrons. The Kier molecular flexibility index (Phi) is 12.1. The Balaban J connectivity index is 2.03. The zero-order valence-corrected chi connectivity index (χ0v) is 27.7. The molecular formula is C30H34BrCl2N3O5S. The van der Waals surface area contributed by atoms with Crippen LogP contribution >= 0.6 is 39.1 Å². The molecule has 0 heterocycles. The van der Waals surface area contributed by atoms with Gasteiger partial charge in [0.2, 0.25) is 11.8 Å². The van der Waals surface area contributed by atoms with Crippen LogP contribution < -0.4 is 14.4 Å². The molecule has 2 amide bonds. The number of nitrogens with one attached hydrogen (secondary N) is 1. The highest BCUT2D eigenvalue weighted by molar-refractivity contribution is 9.10. The Morgan fingerprint density at radius 1 is 0.952 bits per heavy atom. The summed E-state index contributed by atoms with van der Waals surface area (Å²) in [6.45, 7) is 7.69. The van der Waals surface area contributed by atoms with E-state index in [1.54, 1.807) is 61.5 Å². The summed E-state index contributed by atoms with van der Waals surface area (Å²) in [4.78, 5) is 28.5. The Bertz CT molecular complexity index is 1490. The van der Waals surface area contributed by atoms with Crippen molar-refractivity contribution in [2.75, 3.05) is 24.0 Å². The van der Waals surface area contributed by atoms with Crippen LogP contribution in [0.1, 0.15) is 33.3 Å². The molecule has 0 aromatic heterocycles. The van der Waals surface area contributed by atoms with E-state index in [9.17, 15) is 18.0 Å². The Morgan fingerprint density at radius 3 is 2.17 bits per heavy atom. The smallest absolute Gasteiger partial charge is 0.264 e. The van der Waals surface area contributed by atoms with Crippen molar-refractivity contribution in [2.45, 2.75) is 45.2 Å². The van der Waals surface area contributed by atoms with Crippen LogP contribution in [0.5, 0.6) is 5.75 Å². The Morgan fingerprint density at radius 2 is 1.60 bits per heavy atom. The first-order valence-electron chi connectivity index (χ1n) is 13.4. The van der Waals surface area contributed by atoms with Crippen molar-refractivity contribution in [3.8, 4) is 5.75 Å². The third-order valence-electron chi connectivity index (χ3n) is 6.30. The number of carbonyl (C=O) groups excluding carboxylic acids is 2. The van der Waals surface area contributed by atoms with Gasteiger partial charge in [0.05, 0.1) is 27.2 Å². The highest BCUT2D eigenvalue weighted by atomic mass is 79.9. The second kappa shape index (κ2) is 15.1. The number of hydrogen-bond acceptors (Lipinski definition) is 5. The summed E-state index contributed by atoms with van der Waals surface area (Å²) in [5.41, 5.74) is 0.894. The molecular weight excluding hydrogens is 665 g/mol. The van der Waals surface area contributed by atoms with Crippen molar-refractivity contribution in [1.82, 2.24) is 10.2 Å². The van der Waals surface area contributed by atoms with Gasteiger partial charge >= 0.3 is 0 Å². The molecule has 3 rings (SSSR count). The summed E-state index contributed by atoms with van der Waals surface area (Å²) in [5.74, 6) is -0.180. The third kappa shape index (κ3) is 8.86. The van der Waals surface area contributed by atoms with E-state index in [2.05, 4.69) is 21.2 Å². The number of halogens is 3. The molecule has 0 bridgehead atoms. The zero-order valence-electron chi connectivity index (χ0n) is 23.8. The molecule has 0 saturated carbocycles. The standard InChI is InChI=1S/C30H34BrCl2N3O5S/c1-5-41-25-11-9-24(10-12-25)36(42(39,40)26-13-7-23(31)8-14-26)19-29(37)35(21(4)30(38)34-17-20(2)3)18-22-6-15-27(32)28(33)16-22/h6-16,20-21H,5,17-19H2,1-4H3,(H,34,38). The van der Waals surface area contributed by atoms with Crippen LogP contribution in [0.15, 0.2) is 76.1 Å². The number of amides is 2. The van der Waals surface area contributed by atoms with Crippen LogP contribution in [0.3, 0.4) is 0 Å². The topological polar surface area (TPSA) is 96.0 Å². The van der Waals surface area contributed by atoms with Gasteiger partial charge in [-0.3, -0.25) is 13.9 Å². The second-order valence-corrected chi connectivity index (χ2v) is 13.6. The van der Waals surface area contributed by atoms with Crippen molar-refractivity contribution in [3.63, 3.8) is 0 Å². The van der Waals surface area contributed by atoms with Gasteiger partial charge in [-0.2, -0.15) is 0 Å². The van der Waals surface area contributed by atoms with Gasteiger partial charge in [-0.05, 0) is 86.0 Å². The van der Waals surface area contributed by atoms with Gasteiger partial charge in [0.1, 0.15) is 18.3 Å². The van der Waals surface area contributed by atoms with Crippen molar-refractivity contribution in [3.05, 3.63) is 86.8 Å². The monoisotopic (exact) mass is 697 g/mol. The average molecular weight is 699 g/mol. The van der Waals surface area contributed by atoms with Crippen LogP contribution in [-0.4, -0.2) is 50.9 Å². The molecule has 0 spiro atoms. The fourth-order valence-electron chi connectivity index (χ4n) is 4.01. The van der Waals surface area contributed by atoms with Gasteiger partial charge in [0, 0.05) is 17.6 Å². The van der Waals surface area contributed by atoms with Crippen LogP contribution in [-0.2, 0) is 26.2 Å². The number of sulfonamides is 1. The van der Waals surface area contributed by atoms with E-state index in [1.807, 2.05) is 20.8 Å². The summed E-state index contributed by atoms with van der Waals surface area (Å²) in [5, 5.41) is 3.51. The van der Waals surface area contributed by atoms with Crippen LogP contribution in [0, 0.1) is 5.92 Å². The lowest BCUT2D eigenvalue weighted by Gasteiger charge is -2.32. The van der Waals surface area contributed by atoms with E-state index in [4.69, 9.17) is 27.9 Å². The maximum atomic E-state index is 14.0. The summed E-state index contributed by atoms with van der Waals surface area (Å²) >= 11 is 15.6. The molecule has 1 unspecified atom stereocenters. The molecule has 1 N–H and O–H groups in total. The lowest BCUT2D eigenvalue weighted by Crippen LogP contribution is -2.51. The van der Waals surface area contributed by atoms with Gasteiger partial charge in [0.25, 0.3) is 10.0 Å². The summed E-state index contributed by atoms with van der Waals surface area (Å²) in [6.07, 6.45) is 0. The highest BCUT2D eigenvalue weighted by Gasteiger charge is 2.32. The van der Waals surface area contributed by atoms with E-state index in [-0.39, 0.29) is 29.0 Å². The Hall–Kier alpha value is -2.79. The summed E-state index contributed by atoms with van der Waals surface area (Å²) < 4.78 is 35.1. The zero-order chi connectivity index (χ0) is 31.0. The van der Waals surface area contributed by atoms with Gasteiger partial charge < -0.3 is 15.0 Å². The predicted molar refractivity (Wildman–Crippen MR) is 171 cm³/mol. The van der Waals surface area contributed by atoms with Gasteiger partial charge in [-0.15, -0.1) is 0 Å². The number of nitrogens with zero attached hydrogens (tertiary/aromatic N) is 2. The minimum Gasteiger partial charge on any atom is -0.494 e. The van der Waals surface area contributed by atoms with Crippen LogP contribution in [0.4, 0.5) is 5.69 Å². The van der Waals surface area contributed by atoms with Crippen molar-refractivity contribution in [1.29, 1.82) is 0 Å². The van der Waals surface area contributed by atoms with E-state index in [0.29, 0.717) is 39.0 Å². The number of carbonyl (C=O) groups is 2. The minimum absolute atomic E-state index is 0.00143. The van der Waals surface area contributed by atoms with Gasteiger partial charge in [-0.1, -0.05) is 59.0 Å². The maximum Gasteiger partial charge on any atom is 0.264 e. The quantitative estimate of drug-likeness (QED) is 0.219. The van der Waals surface area contributed by atoms with E-state index < -0.39 is 28.5 Å². The first kappa shape index (κ1) is 33.7. The molecule has 0 saturated heterocycles. The molecule has 0 fully saturated rings. The molecule has 42 heavy (non-hydrogen) atoms. The molecule has 0 aliphatic rings. The number of anilines is 1. The Labute approximate surface area is 266 Å². The summed E-state index contributed by atoms with van der Waals surface area (Å²) in [7, 11) is -4.19. The number of ether oxygens (including phenoxy) is 1. The summed E-state index contributed by atoms with van der Waals surface area (Å²) in [6, 6.07) is 16.6. The lowest BCUT2D eigenvalue weighted by atomic mass is 10.1. The minimum atomic E-state index is -4.19. The van der Waals surface area contributed by atoms with E-state index >= 15 is 0 Å². The second-order valence-electron chi connectivity index (χ2n) is 9.98. The van der Waals surface area contributed by atoms with E-state index in [1.165, 1.54) is 17.0 Å². The molecule has 3 aromatic carbocycles. The highest BCUT2D eigenvalue weighted by Crippen LogP contribution is 2.28. The molecule has 0 aliphatic carbocycles. The number of benzene rings is 3. The molecule has 1 atom stereocenters. The number of hydrogen-bond donors (Lipinski definition) is 1. The lowest BCUT2D eigenvalue weighted by molar-refractivity contribution is -0.139. The third-order valence-corrected chi connectivity index (χ3v) is 9.36. The molecule has 8 nitrogen and oxygen atoms in total. The van der Waals surface area contributed by atoms with Crippen LogP contribution in [0.25, 0.3) is 0 Å². The van der Waals surface area contributed by atoms with Crippen LogP contribution in [0.2, 0.25) is 10.0 Å². The van der Waals surface area contributed by atoms with Gasteiger partial charge in [-0.25, -0.2) is 8.42 Å².